The second-order valence-electron chi connectivity index (χ2n) is 4.09. The Morgan fingerprint density at radius 3 is 1.67 bits per heavy atom. The summed E-state index contributed by atoms with van der Waals surface area (Å²) in [5.74, 6) is 0. The number of unbranched alkanes of at least 4 members (excludes halogenated alkanes) is 2. The first kappa shape index (κ1) is 18.2. The Labute approximate surface area is 114 Å². The van der Waals surface area contributed by atoms with E-state index < -0.39 is 28.4 Å². The van der Waals surface area contributed by atoms with E-state index in [4.69, 9.17) is 0 Å². The summed E-state index contributed by atoms with van der Waals surface area (Å²) in [6.07, 6.45) is -11.3. The molecular formula is C10H14F7I. The van der Waals surface area contributed by atoms with Gasteiger partial charge in [0.1, 0.15) is 0 Å². The van der Waals surface area contributed by atoms with E-state index in [9.17, 15) is 30.7 Å². The molecule has 0 N–H and O–H groups in total. The van der Waals surface area contributed by atoms with Crippen LogP contribution in [0.2, 0.25) is 0 Å². The molecule has 110 valence electrons. The van der Waals surface area contributed by atoms with Crippen molar-refractivity contribution in [1.82, 2.24) is 0 Å². The van der Waals surface area contributed by atoms with E-state index >= 15 is 0 Å². The molecule has 0 aliphatic rings. The van der Waals surface area contributed by atoms with Crippen molar-refractivity contribution in [3.8, 4) is 0 Å². The maximum absolute atomic E-state index is 13.3. The van der Waals surface area contributed by atoms with Crippen LogP contribution in [0.4, 0.5) is 30.7 Å². The quantitative estimate of drug-likeness (QED) is 0.238. The van der Waals surface area contributed by atoms with Gasteiger partial charge in [-0.15, -0.1) is 0 Å². The Morgan fingerprint density at radius 1 is 0.889 bits per heavy atom. The fourth-order valence-corrected chi connectivity index (χ4v) is 2.46. The van der Waals surface area contributed by atoms with E-state index in [0.29, 0.717) is 12.8 Å². The zero-order chi connectivity index (χ0) is 14.6. The summed E-state index contributed by atoms with van der Waals surface area (Å²) >= 11 is 1.45. The van der Waals surface area contributed by atoms with Crippen LogP contribution in [0.3, 0.4) is 0 Å². The van der Waals surface area contributed by atoms with Crippen LogP contribution in [0.5, 0.6) is 0 Å². The van der Waals surface area contributed by atoms with Crippen LogP contribution in [0.15, 0.2) is 0 Å². The fourth-order valence-electron chi connectivity index (χ4n) is 1.42. The molecule has 8 heteroatoms. The first-order valence-electron chi connectivity index (χ1n) is 5.42. The standard InChI is InChI=1S/C10H14F7I/c1-2-3-4-5-7(18)6-8(11,9(12,13)14)10(15,16)17/h7H,2-6H2,1H3/t7-/m0/s1. The average Bonchev–Trinajstić information content (AvgIpc) is 2.14. The van der Waals surface area contributed by atoms with Crippen LogP contribution < -0.4 is 0 Å². The second kappa shape index (κ2) is 6.60. The number of hydrogen-bond donors (Lipinski definition) is 0. The molecule has 0 radical (unpaired) electrons. The maximum atomic E-state index is 13.3. The molecule has 0 rings (SSSR count). The van der Waals surface area contributed by atoms with Gasteiger partial charge in [-0.05, 0) is 6.42 Å². The third-order valence-electron chi connectivity index (χ3n) is 2.52. The molecule has 0 unspecified atom stereocenters. The largest absolute Gasteiger partial charge is 0.431 e. The number of halogens is 8. The number of hydrogen-bond acceptors (Lipinski definition) is 0. The Kier molecular flexibility index (Phi) is 6.69. The zero-order valence-electron chi connectivity index (χ0n) is 9.64. The minimum atomic E-state index is -5.93. The Morgan fingerprint density at radius 2 is 1.33 bits per heavy atom. The van der Waals surface area contributed by atoms with Crippen molar-refractivity contribution >= 4 is 22.6 Å². The minimum absolute atomic E-state index is 0.145. The van der Waals surface area contributed by atoms with E-state index in [0.717, 1.165) is 6.42 Å². The molecule has 0 aliphatic heterocycles. The van der Waals surface area contributed by atoms with Crippen LogP contribution in [0.25, 0.3) is 0 Å². The Balaban J connectivity index is 4.73. The average molecular weight is 394 g/mol. The minimum Gasteiger partial charge on any atom is -0.224 e. The molecule has 0 aromatic heterocycles. The molecule has 1 atom stereocenters. The van der Waals surface area contributed by atoms with Gasteiger partial charge in [0.05, 0.1) is 0 Å². The molecule has 18 heavy (non-hydrogen) atoms. The fraction of sp³-hybridized carbons (Fsp3) is 1.00. The van der Waals surface area contributed by atoms with Crippen molar-refractivity contribution in [3.05, 3.63) is 0 Å². The third-order valence-corrected chi connectivity index (χ3v) is 3.59. The summed E-state index contributed by atoms with van der Waals surface area (Å²) in [6, 6.07) is 0. The molecule has 0 aliphatic carbocycles. The van der Waals surface area contributed by atoms with E-state index in [-0.39, 0.29) is 6.42 Å². The monoisotopic (exact) mass is 394 g/mol. The van der Waals surface area contributed by atoms with Crippen LogP contribution in [0.1, 0.15) is 39.0 Å². The van der Waals surface area contributed by atoms with Crippen molar-refractivity contribution in [3.63, 3.8) is 0 Å². The first-order chi connectivity index (χ1) is 7.95. The smallest absolute Gasteiger partial charge is 0.224 e. The lowest BCUT2D eigenvalue weighted by atomic mass is 9.96. The highest BCUT2D eigenvalue weighted by Crippen LogP contribution is 2.50. The summed E-state index contributed by atoms with van der Waals surface area (Å²) in [4.78, 5) is 0. The third kappa shape index (κ3) is 4.73. The van der Waals surface area contributed by atoms with Crippen molar-refractivity contribution in [2.75, 3.05) is 0 Å². The van der Waals surface area contributed by atoms with Crippen molar-refractivity contribution in [2.45, 2.75) is 61.0 Å². The first-order valence-corrected chi connectivity index (χ1v) is 6.66. The highest BCUT2D eigenvalue weighted by Gasteiger charge is 2.72. The van der Waals surface area contributed by atoms with Crippen molar-refractivity contribution in [2.24, 2.45) is 0 Å². The molecule has 0 saturated heterocycles. The van der Waals surface area contributed by atoms with Crippen LogP contribution in [-0.2, 0) is 0 Å². The second-order valence-corrected chi connectivity index (χ2v) is 5.86. The van der Waals surface area contributed by atoms with Crippen molar-refractivity contribution in [1.29, 1.82) is 0 Å². The molecule has 0 heterocycles. The highest BCUT2D eigenvalue weighted by molar-refractivity contribution is 14.1. The van der Waals surface area contributed by atoms with Gasteiger partial charge in [0.15, 0.2) is 0 Å². The van der Waals surface area contributed by atoms with E-state index in [1.807, 2.05) is 6.92 Å². The van der Waals surface area contributed by atoms with E-state index in [2.05, 4.69) is 0 Å². The summed E-state index contributed by atoms with van der Waals surface area (Å²) < 4.78 is 85.8. The number of rotatable bonds is 6. The van der Waals surface area contributed by atoms with Crippen molar-refractivity contribution < 1.29 is 30.7 Å². The topological polar surface area (TPSA) is 0 Å². The number of alkyl halides is 8. The zero-order valence-corrected chi connectivity index (χ0v) is 11.8. The normalized spacial score (nSPS) is 15.8. The summed E-state index contributed by atoms with van der Waals surface area (Å²) in [7, 11) is 0. The highest BCUT2D eigenvalue weighted by atomic mass is 127. The molecule has 0 nitrogen and oxygen atoms in total. The molecule has 0 amide bonds. The van der Waals surface area contributed by atoms with Gasteiger partial charge in [-0.25, -0.2) is 4.39 Å². The summed E-state index contributed by atoms with van der Waals surface area (Å²) in [5, 5.41) is 0. The lowest BCUT2D eigenvalue weighted by Gasteiger charge is -2.31. The van der Waals surface area contributed by atoms with Crippen LogP contribution in [-0.4, -0.2) is 21.9 Å². The van der Waals surface area contributed by atoms with Gasteiger partial charge in [0, 0.05) is 10.3 Å². The molecule has 0 aromatic rings. The van der Waals surface area contributed by atoms with Crippen LogP contribution >= 0.6 is 22.6 Å². The maximum Gasteiger partial charge on any atom is 0.431 e. The van der Waals surface area contributed by atoms with Gasteiger partial charge in [-0.3, -0.25) is 0 Å². The van der Waals surface area contributed by atoms with Gasteiger partial charge < -0.3 is 0 Å². The van der Waals surface area contributed by atoms with Gasteiger partial charge in [-0.1, -0.05) is 48.8 Å². The Hall–Kier alpha value is 0.240. The molecule has 0 fully saturated rings. The molecule has 0 spiro atoms. The lowest BCUT2D eigenvalue weighted by Crippen LogP contribution is -2.54. The van der Waals surface area contributed by atoms with E-state index in [1.165, 1.54) is 22.6 Å². The van der Waals surface area contributed by atoms with E-state index in [1.54, 1.807) is 0 Å². The van der Waals surface area contributed by atoms with Gasteiger partial charge in [0.2, 0.25) is 0 Å². The summed E-state index contributed by atoms with van der Waals surface area (Å²) in [6.45, 7) is 1.85. The lowest BCUT2D eigenvalue weighted by molar-refractivity contribution is -0.342. The molecule has 0 saturated carbocycles. The predicted octanol–water partition coefficient (Wildman–Crippen LogP) is 5.59. The van der Waals surface area contributed by atoms with Gasteiger partial charge in [-0.2, -0.15) is 26.3 Å². The van der Waals surface area contributed by atoms with Gasteiger partial charge >= 0.3 is 12.4 Å². The summed E-state index contributed by atoms with van der Waals surface area (Å²) in [5.41, 5.74) is -5.11. The molecule has 0 bridgehead atoms. The van der Waals surface area contributed by atoms with Gasteiger partial charge in [0.25, 0.3) is 5.67 Å². The predicted molar refractivity (Wildman–Crippen MR) is 62.5 cm³/mol. The SMILES string of the molecule is CCCCC[C@H](I)CC(F)(C(F)(F)F)C(F)(F)F. The molecule has 0 aromatic carbocycles. The van der Waals surface area contributed by atoms with Crippen LogP contribution in [0, 0.1) is 0 Å². The molecular weight excluding hydrogens is 380 g/mol. The Bertz CT molecular complexity index is 232.